The molecule has 1 aromatic heterocycles. The molecule has 34 heavy (non-hydrogen) atoms. The Morgan fingerprint density at radius 1 is 0.971 bits per heavy atom. The summed E-state index contributed by atoms with van der Waals surface area (Å²) >= 11 is 1.39. The topological polar surface area (TPSA) is 69.0 Å². The van der Waals surface area contributed by atoms with Crippen molar-refractivity contribution in [3.05, 3.63) is 96.1 Å². The summed E-state index contributed by atoms with van der Waals surface area (Å²) in [6.07, 6.45) is 0.825. The molecule has 6 nitrogen and oxygen atoms in total. The molecular weight excluding hydrogens is 444 g/mol. The Labute approximate surface area is 204 Å². The first-order valence-corrected chi connectivity index (χ1v) is 12.2. The molecule has 1 unspecified atom stereocenters. The predicted octanol–water partition coefficient (Wildman–Crippen LogP) is 5.17. The number of nitrogens with zero attached hydrogens (tertiary/aromatic N) is 3. The number of amides is 1. The molecular formula is C27H28N4O2S. The average molecular weight is 473 g/mol. The maximum absolute atomic E-state index is 12.7. The number of ether oxygens (including phenoxy) is 1. The van der Waals surface area contributed by atoms with Gasteiger partial charge in [0, 0.05) is 6.54 Å². The molecule has 0 bridgehead atoms. The van der Waals surface area contributed by atoms with E-state index >= 15 is 0 Å². The fourth-order valence-corrected chi connectivity index (χ4v) is 4.53. The highest BCUT2D eigenvalue weighted by Crippen LogP contribution is 2.31. The third kappa shape index (κ3) is 5.85. The zero-order valence-electron chi connectivity index (χ0n) is 19.3. The number of carbonyl (C=O) groups excluding carboxylic acids is 1. The lowest BCUT2D eigenvalue weighted by Crippen LogP contribution is -2.28. The normalized spacial score (nSPS) is 11.7. The van der Waals surface area contributed by atoms with Gasteiger partial charge in [-0.15, -0.1) is 10.2 Å². The number of aromatic nitrogens is 3. The van der Waals surface area contributed by atoms with Gasteiger partial charge in [-0.05, 0) is 36.6 Å². The molecule has 4 rings (SSSR count). The smallest absolute Gasteiger partial charge is 0.230 e. The van der Waals surface area contributed by atoms with Gasteiger partial charge in [-0.2, -0.15) is 0 Å². The summed E-state index contributed by atoms with van der Waals surface area (Å²) in [6.45, 7) is 2.68. The number of carbonyl (C=O) groups is 1. The lowest BCUT2D eigenvalue weighted by molar-refractivity contribution is -0.119. The highest BCUT2D eigenvalue weighted by atomic mass is 32.2. The highest BCUT2D eigenvalue weighted by Gasteiger charge is 2.19. The minimum atomic E-state index is -0.0607. The molecule has 0 fully saturated rings. The number of nitrogens with one attached hydrogen (secondary N) is 1. The number of thioether (sulfide) groups is 1. The Balaban J connectivity index is 1.51. The van der Waals surface area contributed by atoms with Crippen molar-refractivity contribution in [1.29, 1.82) is 0 Å². The lowest BCUT2D eigenvalue weighted by Gasteiger charge is -2.15. The Morgan fingerprint density at radius 2 is 1.65 bits per heavy atom. The van der Waals surface area contributed by atoms with Crippen LogP contribution in [-0.4, -0.2) is 33.5 Å². The van der Waals surface area contributed by atoms with Crippen molar-refractivity contribution in [3.63, 3.8) is 0 Å². The van der Waals surface area contributed by atoms with Gasteiger partial charge in [0.2, 0.25) is 5.91 Å². The molecule has 1 N–H and O–H groups in total. The molecule has 174 valence electrons. The molecule has 1 atom stereocenters. The van der Waals surface area contributed by atoms with Gasteiger partial charge in [0.25, 0.3) is 0 Å². The van der Waals surface area contributed by atoms with E-state index in [1.807, 2.05) is 79.7 Å². The molecule has 0 spiro atoms. The summed E-state index contributed by atoms with van der Waals surface area (Å²) in [5.74, 6) is 1.68. The zero-order valence-corrected chi connectivity index (χ0v) is 20.2. The van der Waals surface area contributed by atoms with Gasteiger partial charge in [-0.1, -0.05) is 84.6 Å². The number of methoxy groups -OCH3 is 1. The summed E-state index contributed by atoms with van der Waals surface area (Å²) in [5, 5.41) is 12.7. The van der Waals surface area contributed by atoms with Crippen molar-refractivity contribution in [2.45, 2.75) is 31.1 Å². The van der Waals surface area contributed by atoms with Crippen LogP contribution in [0.3, 0.4) is 0 Å². The van der Waals surface area contributed by atoms with Crippen molar-refractivity contribution in [1.82, 2.24) is 20.1 Å². The highest BCUT2D eigenvalue weighted by molar-refractivity contribution is 7.99. The fraction of sp³-hybridized carbons (Fsp3) is 0.222. The Kier molecular flexibility index (Phi) is 7.99. The first-order valence-electron chi connectivity index (χ1n) is 11.2. The van der Waals surface area contributed by atoms with E-state index in [-0.39, 0.29) is 17.7 Å². The SMILES string of the molecule is COc1ccccc1-c1nnc(SCC(=O)NC(C)c2ccccc2)n1CCc1ccccc1. The van der Waals surface area contributed by atoms with Gasteiger partial charge in [0.05, 0.1) is 24.5 Å². The van der Waals surface area contributed by atoms with Crippen LogP contribution in [0.5, 0.6) is 5.75 Å². The third-order valence-electron chi connectivity index (χ3n) is 5.54. The zero-order chi connectivity index (χ0) is 23.8. The molecule has 0 radical (unpaired) electrons. The number of hydrogen-bond donors (Lipinski definition) is 1. The fourth-order valence-electron chi connectivity index (χ4n) is 3.75. The Morgan fingerprint density at radius 3 is 2.38 bits per heavy atom. The molecule has 1 heterocycles. The second-order valence-electron chi connectivity index (χ2n) is 7.88. The summed E-state index contributed by atoms with van der Waals surface area (Å²) in [7, 11) is 1.65. The van der Waals surface area contributed by atoms with Crippen LogP contribution >= 0.6 is 11.8 Å². The average Bonchev–Trinajstić information content (AvgIpc) is 3.29. The van der Waals surface area contributed by atoms with Crippen molar-refractivity contribution in [3.8, 4) is 17.1 Å². The van der Waals surface area contributed by atoms with Gasteiger partial charge < -0.3 is 14.6 Å². The van der Waals surface area contributed by atoms with Gasteiger partial charge in [0.15, 0.2) is 11.0 Å². The van der Waals surface area contributed by atoms with Crippen molar-refractivity contribution in [2.24, 2.45) is 0 Å². The quantitative estimate of drug-likeness (QED) is 0.323. The molecule has 7 heteroatoms. The minimum absolute atomic E-state index is 0.0437. The lowest BCUT2D eigenvalue weighted by atomic mass is 10.1. The molecule has 0 saturated heterocycles. The van der Waals surface area contributed by atoms with Gasteiger partial charge in [-0.3, -0.25) is 4.79 Å². The first-order chi connectivity index (χ1) is 16.7. The van der Waals surface area contributed by atoms with Crippen molar-refractivity contribution >= 4 is 17.7 Å². The molecule has 0 aliphatic heterocycles. The van der Waals surface area contributed by atoms with Crippen LogP contribution in [0.4, 0.5) is 0 Å². The van der Waals surface area contributed by atoms with E-state index in [4.69, 9.17) is 4.74 Å². The Bertz CT molecular complexity index is 1210. The summed E-state index contributed by atoms with van der Waals surface area (Å²) < 4.78 is 7.63. The van der Waals surface area contributed by atoms with Crippen molar-refractivity contribution in [2.75, 3.05) is 12.9 Å². The number of rotatable bonds is 10. The van der Waals surface area contributed by atoms with E-state index in [1.54, 1.807) is 7.11 Å². The second kappa shape index (κ2) is 11.5. The summed E-state index contributed by atoms with van der Waals surface area (Å²) in [4.78, 5) is 12.7. The van der Waals surface area contributed by atoms with Crippen LogP contribution in [0.2, 0.25) is 0 Å². The molecule has 0 saturated carbocycles. The number of benzene rings is 3. The van der Waals surface area contributed by atoms with Crippen LogP contribution in [-0.2, 0) is 17.8 Å². The summed E-state index contributed by atoms with van der Waals surface area (Å²) in [6, 6.07) is 28.0. The first kappa shape index (κ1) is 23.6. The maximum atomic E-state index is 12.7. The third-order valence-corrected chi connectivity index (χ3v) is 6.51. The van der Waals surface area contributed by atoms with E-state index in [0.29, 0.717) is 11.7 Å². The van der Waals surface area contributed by atoms with Crippen molar-refractivity contribution < 1.29 is 9.53 Å². The van der Waals surface area contributed by atoms with Gasteiger partial charge in [0.1, 0.15) is 5.75 Å². The minimum Gasteiger partial charge on any atom is -0.496 e. The monoisotopic (exact) mass is 472 g/mol. The van der Waals surface area contributed by atoms with E-state index in [2.05, 4.69) is 32.2 Å². The maximum Gasteiger partial charge on any atom is 0.230 e. The van der Waals surface area contributed by atoms with E-state index in [1.165, 1.54) is 17.3 Å². The second-order valence-corrected chi connectivity index (χ2v) is 8.82. The molecule has 0 aliphatic carbocycles. The van der Waals surface area contributed by atoms with Crippen LogP contribution in [0.25, 0.3) is 11.4 Å². The standard InChI is InChI=1S/C27H28N4O2S/c1-20(22-13-7-4-8-14-22)28-25(32)19-34-27-30-29-26(23-15-9-10-16-24(23)33-2)31(27)18-17-21-11-5-3-6-12-21/h3-16,20H,17-19H2,1-2H3,(H,28,32). The van der Waals surface area contributed by atoms with Crippen LogP contribution in [0, 0.1) is 0 Å². The molecule has 1 amide bonds. The summed E-state index contributed by atoms with van der Waals surface area (Å²) in [5.41, 5.74) is 3.18. The van der Waals surface area contributed by atoms with Gasteiger partial charge in [-0.25, -0.2) is 0 Å². The van der Waals surface area contributed by atoms with Crippen LogP contribution < -0.4 is 10.1 Å². The molecule has 0 aliphatic rings. The van der Waals surface area contributed by atoms with Crippen LogP contribution in [0.15, 0.2) is 90.1 Å². The predicted molar refractivity (Wildman–Crippen MR) is 136 cm³/mol. The van der Waals surface area contributed by atoms with Crippen LogP contribution in [0.1, 0.15) is 24.1 Å². The Hall–Kier alpha value is -3.58. The molecule has 3 aromatic carbocycles. The number of para-hydroxylation sites is 1. The molecule has 4 aromatic rings. The number of aryl methyl sites for hydroxylation is 1. The largest absolute Gasteiger partial charge is 0.496 e. The van der Waals surface area contributed by atoms with E-state index < -0.39 is 0 Å². The van der Waals surface area contributed by atoms with E-state index in [9.17, 15) is 4.79 Å². The number of hydrogen-bond acceptors (Lipinski definition) is 5. The van der Waals surface area contributed by atoms with E-state index in [0.717, 1.165) is 29.1 Å². The van der Waals surface area contributed by atoms with Gasteiger partial charge >= 0.3 is 0 Å².